The first-order valence-corrected chi connectivity index (χ1v) is 9.73. The summed E-state index contributed by atoms with van der Waals surface area (Å²) in [4.78, 5) is 14.5. The van der Waals surface area contributed by atoms with Crippen LogP contribution in [0.25, 0.3) is 0 Å². The summed E-state index contributed by atoms with van der Waals surface area (Å²) in [6.07, 6.45) is 0.837. The Labute approximate surface area is 143 Å². The van der Waals surface area contributed by atoms with Crippen LogP contribution in [0, 0.1) is 0 Å². The average Bonchev–Trinajstić information content (AvgIpc) is 2.94. The Balaban J connectivity index is 2.07. The van der Waals surface area contributed by atoms with Gasteiger partial charge in [-0.2, -0.15) is 0 Å². The highest BCUT2D eigenvalue weighted by molar-refractivity contribution is 7.92. The fourth-order valence-corrected chi connectivity index (χ4v) is 5.26. The van der Waals surface area contributed by atoms with Gasteiger partial charge in [0.2, 0.25) is 5.91 Å². The van der Waals surface area contributed by atoms with Gasteiger partial charge in [0.1, 0.15) is 0 Å². The van der Waals surface area contributed by atoms with Gasteiger partial charge >= 0.3 is 0 Å². The molecule has 2 aromatic carbocycles. The summed E-state index contributed by atoms with van der Waals surface area (Å²) < 4.78 is 26.3. The second-order valence-corrected chi connectivity index (χ2v) is 8.21. The van der Waals surface area contributed by atoms with Crippen LogP contribution in [0.3, 0.4) is 0 Å². The third-order valence-corrected chi connectivity index (χ3v) is 6.61. The highest BCUT2D eigenvalue weighted by Crippen LogP contribution is 2.39. The van der Waals surface area contributed by atoms with Gasteiger partial charge in [-0.25, -0.2) is 8.42 Å². The van der Waals surface area contributed by atoms with E-state index in [9.17, 15) is 13.2 Å². The van der Waals surface area contributed by atoms with E-state index in [0.29, 0.717) is 6.54 Å². The van der Waals surface area contributed by atoms with E-state index in [4.69, 9.17) is 0 Å². The van der Waals surface area contributed by atoms with Crippen molar-refractivity contribution >= 4 is 15.7 Å². The zero-order chi connectivity index (χ0) is 17.2. The smallest absolute Gasteiger partial charge is 0.224 e. The van der Waals surface area contributed by atoms with Crippen molar-refractivity contribution in [3.05, 3.63) is 66.2 Å². The number of likely N-dealkylation sites (tertiary alicyclic amines) is 1. The van der Waals surface area contributed by atoms with Gasteiger partial charge in [-0.05, 0) is 24.1 Å². The van der Waals surface area contributed by atoms with Crippen LogP contribution in [-0.4, -0.2) is 31.0 Å². The molecule has 24 heavy (non-hydrogen) atoms. The Morgan fingerprint density at radius 1 is 1.00 bits per heavy atom. The molecule has 4 nitrogen and oxygen atoms in total. The van der Waals surface area contributed by atoms with Crippen molar-refractivity contribution in [3.8, 4) is 0 Å². The number of rotatable bonds is 5. The Kier molecular flexibility index (Phi) is 4.71. The fourth-order valence-electron chi connectivity index (χ4n) is 3.37. The summed E-state index contributed by atoms with van der Waals surface area (Å²) in [5, 5.41) is -0.749. The van der Waals surface area contributed by atoms with Gasteiger partial charge in [0, 0.05) is 13.0 Å². The minimum atomic E-state index is -3.58. The molecule has 0 aliphatic carbocycles. The molecule has 2 aromatic rings. The van der Waals surface area contributed by atoms with E-state index >= 15 is 0 Å². The van der Waals surface area contributed by atoms with E-state index in [-0.39, 0.29) is 17.2 Å². The molecule has 1 aliphatic rings. The predicted octanol–water partition coefficient (Wildman–Crippen LogP) is 3.21. The Morgan fingerprint density at radius 2 is 1.58 bits per heavy atom. The van der Waals surface area contributed by atoms with Crippen LogP contribution < -0.4 is 0 Å². The summed E-state index contributed by atoms with van der Waals surface area (Å²) in [5.74, 6) is -0.0878. The van der Waals surface area contributed by atoms with Crippen LogP contribution >= 0.6 is 0 Å². The van der Waals surface area contributed by atoms with Crippen LogP contribution in [0.15, 0.2) is 65.6 Å². The predicted molar refractivity (Wildman–Crippen MR) is 93.2 cm³/mol. The number of carbonyl (C=O) groups excluding carboxylic acids is 1. The van der Waals surface area contributed by atoms with E-state index in [1.165, 1.54) is 0 Å². The highest BCUT2D eigenvalue weighted by atomic mass is 32.2. The van der Waals surface area contributed by atoms with Crippen molar-refractivity contribution in [1.82, 2.24) is 4.90 Å². The number of sulfone groups is 1. The van der Waals surface area contributed by atoms with E-state index in [1.807, 2.05) is 37.3 Å². The van der Waals surface area contributed by atoms with Crippen LogP contribution in [-0.2, 0) is 14.6 Å². The third-order valence-electron chi connectivity index (χ3n) is 4.46. The Hall–Kier alpha value is -2.14. The summed E-state index contributed by atoms with van der Waals surface area (Å²) >= 11 is 0. The van der Waals surface area contributed by atoms with Gasteiger partial charge in [0.25, 0.3) is 0 Å². The lowest BCUT2D eigenvalue weighted by Gasteiger charge is -2.28. The molecule has 1 saturated heterocycles. The average molecular weight is 343 g/mol. The number of benzene rings is 2. The topological polar surface area (TPSA) is 54.5 Å². The van der Waals surface area contributed by atoms with Crippen molar-refractivity contribution in [2.45, 2.75) is 36.0 Å². The van der Waals surface area contributed by atoms with Gasteiger partial charge in [-0.1, -0.05) is 55.5 Å². The maximum atomic E-state index is 13.1. The first-order valence-electron chi connectivity index (χ1n) is 8.19. The molecular formula is C19H21NO3S. The molecule has 0 aromatic heterocycles. The van der Waals surface area contributed by atoms with Crippen molar-refractivity contribution in [3.63, 3.8) is 0 Å². The van der Waals surface area contributed by atoms with Gasteiger partial charge in [-0.3, -0.25) is 4.79 Å². The molecule has 1 fully saturated rings. The molecule has 3 rings (SSSR count). The molecule has 0 bridgehead atoms. The van der Waals surface area contributed by atoms with Crippen molar-refractivity contribution in [2.75, 3.05) is 6.54 Å². The molecule has 0 unspecified atom stereocenters. The summed E-state index contributed by atoms with van der Waals surface area (Å²) in [5.41, 5.74) is 0.876. The van der Waals surface area contributed by atoms with Crippen LogP contribution in [0.4, 0.5) is 0 Å². The largest absolute Gasteiger partial charge is 0.334 e. The highest BCUT2D eigenvalue weighted by Gasteiger charge is 2.47. The first kappa shape index (κ1) is 16.7. The van der Waals surface area contributed by atoms with E-state index in [0.717, 1.165) is 12.0 Å². The van der Waals surface area contributed by atoms with E-state index in [2.05, 4.69) is 0 Å². The van der Waals surface area contributed by atoms with Crippen LogP contribution in [0.5, 0.6) is 0 Å². The van der Waals surface area contributed by atoms with Crippen LogP contribution in [0.2, 0.25) is 0 Å². The molecule has 5 heteroatoms. The second kappa shape index (κ2) is 6.77. The monoisotopic (exact) mass is 343 g/mol. The number of hydrogen-bond acceptors (Lipinski definition) is 3. The summed E-state index contributed by atoms with van der Waals surface area (Å²) in [7, 11) is -3.58. The maximum Gasteiger partial charge on any atom is 0.224 e. The minimum absolute atomic E-state index is 0.0385. The van der Waals surface area contributed by atoms with Gasteiger partial charge < -0.3 is 4.90 Å². The lowest BCUT2D eigenvalue weighted by Crippen LogP contribution is -2.33. The quantitative estimate of drug-likeness (QED) is 0.838. The Bertz CT molecular complexity index is 803. The number of hydrogen-bond donors (Lipinski definition) is 0. The van der Waals surface area contributed by atoms with Gasteiger partial charge in [-0.15, -0.1) is 0 Å². The molecule has 126 valence electrons. The first-order chi connectivity index (χ1) is 11.6. The minimum Gasteiger partial charge on any atom is -0.334 e. The molecule has 0 saturated carbocycles. The van der Waals surface area contributed by atoms with Crippen molar-refractivity contribution < 1.29 is 13.2 Å². The molecule has 0 radical (unpaired) electrons. The summed E-state index contributed by atoms with van der Waals surface area (Å²) in [6.45, 7) is 2.56. The van der Waals surface area contributed by atoms with Gasteiger partial charge in [0.15, 0.2) is 9.84 Å². The molecule has 1 heterocycles. The summed E-state index contributed by atoms with van der Waals surface area (Å²) in [6, 6.07) is 17.5. The van der Waals surface area contributed by atoms with E-state index < -0.39 is 21.1 Å². The normalized spacial score (nSPS) is 21.2. The zero-order valence-corrected chi connectivity index (χ0v) is 14.4. The number of amides is 1. The Morgan fingerprint density at radius 3 is 2.17 bits per heavy atom. The van der Waals surface area contributed by atoms with E-state index in [1.54, 1.807) is 35.2 Å². The van der Waals surface area contributed by atoms with Crippen molar-refractivity contribution in [2.24, 2.45) is 0 Å². The molecule has 1 amide bonds. The zero-order valence-electron chi connectivity index (χ0n) is 13.6. The number of nitrogens with zero attached hydrogens (tertiary/aromatic N) is 1. The SMILES string of the molecule is CCCN1C(=O)C[C@@H](S(=O)(=O)c2ccccc2)[C@@H]1c1ccccc1. The molecule has 0 spiro atoms. The third kappa shape index (κ3) is 2.96. The molecule has 1 aliphatic heterocycles. The maximum absolute atomic E-state index is 13.1. The van der Waals surface area contributed by atoms with Crippen molar-refractivity contribution in [1.29, 1.82) is 0 Å². The molecule has 0 N–H and O–H groups in total. The van der Waals surface area contributed by atoms with Crippen LogP contribution in [0.1, 0.15) is 31.4 Å². The number of carbonyl (C=O) groups is 1. The standard InChI is InChI=1S/C19H21NO3S/c1-2-13-20-18(21)14-17(19(20)15-9-5-3-6-10-15)24(22,23)16-11-7-4-8-12-16/h3-12,17,19H,2,13-14H2,1H3/t17-,19+/m1/s1. The molecular weight excluding hydrogens is 322 g/mol. The second-order valence-electron chi connectivity index (χ2n) is 6.04. The lowest BCUT2D eigenvalue weighted by atomic mass is 10.0. The molecule has 2 atom stereocenters. The lowest BCUT2D eigenvalue weighted by molar-refractivity contribution is -0.129. The fraction of sp³-hybridized carbons (Fsp3) is 0.316. The van der Waals surface area contributed by atoms with Gasteiger partial charge in [0.05, 0.1) is 16.2 Å².